The second-order valence-corrected chi connectivity index (χ2v) is 5.82. The highest BCUT2D eigenvalue weighted by Gasteiger charge is 2.25. The summed E-state index contributed by atoms with van der Waals surface area (Å²) in [4.78, 5) is 14.4. The van der Waals surface area contributed by atoms with Crippen molar-refractivity contribution in [3.63, 3.8) is 0 Å². The molecular formula is C17H26N2O3. The minimum Gasteiger partial charge on any atom is -0.493 e. The van der Waals surface area contributed by atoms with Gasteiger partial charge in [0, 0.05) is 0 Å². The van der Waals surface area contributed by atoms with Crippen molar-refractivity contribution in [3.05, 3.63) is 24.3 Å². The lowest BCUT2D eigenvalue weighted by Gasteiger charge is -2.31. The van der Waals surface area contributed by atoms with Gasteiger partial charge in [0.2, 0.25) is 5.91 Å². The topological polar surface area (TPSA) is 50.8 Å². The molecule has 0 unspecified atom stereocenters. The quantitative estimate of drug-likeness (QED) is 0.874. The van der Waals surface area contributed by atoms with E-state index in [1.54, 1.807) is 7.11 Å². The van der Waals surface area contributed by atoms with Gasteiger partial charge in [0.1, 0.15) is 6.10 Å². The highest BCUT2D eigenvalue weighted by molar-refractivity contribution is 5.81. The molecule has 0 saturated carbocycles. The number of carbonyl (C=O) groups excluding carboxylic acids is 1. The molecule has 122 valence electrons. The fraction of sp³-hybridized carbons (Fsp3) is 0.588. The molecule has 1 fully saturated rings. The van der Waals surface area contributed by atoms with Crippen LogP contribution in [0.4, 0.5) is 0 Å². The van der Waals surface area contributed by atoms with Gasteiger partial charge in [-0.25, -0.2) is 0 Å². The smallest absolute Gasteiger partial charge is 0.237 e. The molecule has 0 aliphatic carbocycles. The van der Waals surface area contributed by atoms with Crippen LogP contribution in [0.2, 0.25) is 0 Å². The molecule has 22 heavy (non-hydrogen) atoms. The second-order valence-electron chi connectivity index (χ2n) is 5.82. The number of nitrogens with zero attached hydrogens (tertiary/aromatic N) is 1. The number of likely N-dealkylation sites (tertiary alicyclic amines) is 1. The number of ether oxygens (including phenoxy) is 2. The van der Waals surface area contributed by atoms with Crippen molar-refractivity contribution in [2.45, 2.75) is 38.3 Å². The first-order chi connectivity index (χ1) is 10.6. The summed E-state index contributed by atoms with van der Waals surface area (Å²) in [6, 6.07) is 7.52. The summed E-state index contributed by atoms with van der Waals surface area (Å²) < 4.78 is 11.1. The maximum atomic E-state index is 12.3. The van der Waals surface area contributed by atoms with Gasteiger partial charge in [0.15, 0.2) is 11.5 Å². The number of nitrogens with one attached hydrogen (secondary N) is 1. The van der Waals surface area contributed by atoms with Crippen molar-refractivity contribution in [1.29, 1.82) is 0 Å². The number of piperidine rings is 1. The number of hydrogen-bond donors (Lipinski definition) is 1. The molecule has 1 aliphatic heterocycles. The Hall–Kier alpha value is -1.75. The van der Waals surface area contributed by atoms with E-state index < -0.39 is 0 Å². The summed E-state index contributed by atoms with van der Waals surface area (Å²) >= 11 is 0. The van der Waals surface area contributed by atoms with Crippen LogP contribution >= 0.6 is 0 Å². The number of likely N-dealkylation sites (N-methyl/N-ethyl adjacent to an activating group) is 1. The average molecular weight is 306 g/mol. The molecule has 1 aliphatic rings. The van der Waals surface area contributed by atoms with Gasteiger partial charge in [-0.05, 0) is 45.5 Å². The van der Waals surface area contributed by atoms with E-state index in [1.165, 1.54) is 6.42 Å². The third kappa shape index (κ3) is 4.37. The predicted octanol–water partition coefficient (Wildman–Crippen LogP) is 2.06. The van der Waals surface area contributed by atoms with Gasteiger partial charge in [-0.1, -0.05) is 18.6 Å². The van der Waals surface area contributed by atoms with Crippen LogP contribution in [0.1, 0.15) is 26.2 Å². The first kappa shape index (κ1) is 16.6. The molecular weight excluding hydrogens is 280 g/mol. The van der Waals surface area contributed by atoms with Crippen LogP contribution in [0, 0.1) is 0 Å². The monoisotopic (exact) mass is 306 g/mol. The molecule has 2 rings (SSSR count). The van der Waals surface area contributed by atoms with Crippen LogP contribution in [0.15, 0.2) is 24.3 Å². The zero-order valence-corrected chi connectivity index (χ0v) is 13.7. The minimum atomic E-state index is -0.117. The molecule has 1 heterocycles. The van der Waals surface area contributed by atoms with Crippen molar-refractivity contribution in [3.8, 4) is 11.5 Å². The van der Waals surface area contributed by atoms with E-state index in [9.17, 15) is 4.79 Å². The first-order valence-electron chi connectivity index (χ1n) is 7.89. The summed E-state index contributed by atoms with van der Waals surface area (Å²) in [6.07, 6.45) is 3.11. The lowest BCUT2D eigenvalue weighted by Crippen LogP contribution is -2.49. The van der Waals surface area contributed by atoms with Crippen molar-refractivity contribution in [2.75, 3.05) is 27.2 Å². The van der Waals surface area contributed by atoms with Gasteiger partial charge in [-0.3, -0.25) is 9.69 Å². The number of para-hydroxylation sites is 2. The average Bonchev–Trinajstić information content (AvgIpc) is 2.53. The molecule has 0 radical (unpaired) electrons. The van der Waals surface area contributed by atoms with Crippen molar-refractivity contribution < 1.29 is 14.3 Å². The zero-order chi connectivity index (χ0) is 15.9. The normalized spacial score (nSPS) is 20.2. The molecule has 0 bridgehead atoms. The Bertz CT molecular complexity index is 493. The summed E-state index contributed by atoms with van der Waals surface area (Å²) in [7, 11) is 3.63. The Kier molecular flexibility index (Phi) is 6.07. The molecule has 5 nitrogen and oxygen atoms in total. The maximum Gasteiger partial charge on any atom is 0.237 e. The minimum absolute atomic E-state index is 0.00721. The Balaban J connectivity index is 1.82. The highest BCUT2D eigenvalue weighted by Crippen LogP contribution is 2.26. The van der Waals surface area contributed by atoms with Crippen molar-refractivity contribution in [1.82, 2.24) is 10.2 Å². The number of benzene rings is 1. The van der Waals surface area contributed by atoms with Crippen LogP contribution in [-0.4, -0.2) is 50.2 Å². The Morgan fingerprint density at radius 2 is 2.09 bits per heavy atom. The molecule has 1 saturated heterocycles. The molecule has 1 N–H and O–H groups in total. The molecule has 0 aromatic heterocycles. The Morgan fingerprint density at radius 1 is 1.36 bits per heavy atom. The second kappa shape index (κ2) is 8.03. The highest BCUT2D eigenvalue weighted by atomic mass is 16.5. The number of carbonyl (C=O) groups is 1. The molecule has 5 heteroatoms. The lowest BCUT2D eigenvalue weighted by molar-refractivity contribution is -0.127. The molecule has 1 aromatic rings. The van der Waals surface area contributed by atoms with E-state index in [4.69, 9.17) is 9.47 Å². The number of methoxy groups -OCH3 is 1. The fourth-order valence-electron chi connectivity index (χ4n) is 2.74. The van der Waals surface area contributed by atoms with Gasteiger partial charge in [-0.2, -0.15) is 0 Å². The van der Waals surface area contributed by atoms with Crippen LogP contribution in [0.25, 0.3) is 0 Å². The summed E-state index contributed by atoms with van der Waals surface area (Å²) in [6.45, 7) is 3.42. The SMILES string of the molecule is COc1ccccc1O[C@H](C)CNC(=O)[C@@H]1CCCCN1C. The number of hydrogen-bond acceptors (Lipinski definition) is 4. The van der Waals surface area contributed by atoms with Crippen LogP contribution in [0.3, 0.4) is 0 Å². The van der Waals surface area contributed by atoms with E-state index in [0.29, 0.717) is 18.0 Å². The van der Waals surface area contributed by atoms with Gasteiger partial charge < -0.3 is 14.8 Å². The predicted molar refractivity (Wildman–Crippen MR) is 86.4 cm³/mol. The molecule has 1 amide bonds. The Labute approximate surface area is 132 Å². The van der Waals surface area contributed by atoms with Crippen molar-refractivity contribution >= 4 is 5.91 Å². The van der Waals surface area contributed by atoms with E-state index in [2.05, 4.69) is 10.2 Å². The van der Waals surface area contributed by atoms with Gasteiger partial charge in [0.25, 0.3) is 0 Å². The molecule has 0 spiro atoms. The van der Waals surface area contributed by atoms with E-state index in [0.717, 1.165) is 19.4 Å². The third-order valence-corrected chi connectivity index (χ3v) is 4.03. The van der Waals surface area contributed by atoms with Gasteiger partial charge in [0.05, 0.1) is 19.7 Å². The first-order valence-corrected chi connectivity index (χ1v) is 7.89. The largest absolute Gasteiger partial charge is 0.493 e. The van der Waals surface area contributed by atoms with E-state index in [-0.39, 0.29) is 18.1 Å². The maximum absolute atomic E-state index is 12.3. The lowest BCUT2D eigenvalue weighted by atomic mass is 10.0. The fourth-order valence-corrected chi connectivity index (χ4v) is 2.74. The molecule has 1 aromatic carbocycles. The summed E-state index contributed by atoms with van der Waals surface area (Å²) in [5, 5.41) is 2.99. The van der Waals surface area contributed by atoms with E-state index >= 15 is 0 Å². The van der Waals surface area contributed by atoms with Crippen LogP contribution in [-0.2, 0) is 4.79 Å². The number of rotatable bonds is 6. The third-order valence-electron chi connectivity index (χ3n) is 4.03. The van der Waals surface area contributed by atoms with Crippen LogP contribution in [0.5, 0.6) is 11.5 Å². The summed E-state index contributed by atoms with van der Waals surface area (Å²) in [5.74, 6) is 1.49. The zero-order valence-electron chi connectivity index (χ0n) is 13.7. The number of amides is 1. The molecule has 2 atom stereocenters. The standard InChI is InChI=1S/C17H26N2O3/c1-13(22-16-10-5-4-9-15(16)21-3)12-18-17(20)14-8-6-7-11-19(14)2/h4-5,9-10,13-14H,6-8,11-12H2,1-3H3,(H,18,20)/t13-,14+/m1/s1. The van der Waals surface area contributed by atoms with E-state index in [1.807, 2.05) is 38.2 Å². The van der Waals surface area contributed by atoms with Gasteiger partial charge in [-0.15, -0.1) is 0 Å². The Morgan fingerprint density at radius 3 is 2.77 bits per heavy atom. The summed E-state index contributed by atoms with van der Waals surface area (Å²) in [5.41, 5.74) is 0. The van der Waals surface area contributed by atoms with Crippen molar-refractivity contribution in [2.24, 2.45) is 0 Å². The van der Waals surface area contributed by atoms with Gasteiger partial charge >= 0.3 is 0 Å². The van der Waals surface area contributed by atoms with Crippen LogP contribution < -0.4 is 14.8 Å².